The number of carbonyl (C=O) groups excluding carboxylic acids is 2. The molecule has 0 aliphatic carbocycles. The number of rotatable bonds is 9. The Morgan fingerprint density at radius 3 is 2.15 bits per heavy atom. The van der Waals surface area contributed by atoms with Gasteiger partial charge in [0.1, 0.15) is 18.3 Å². The molecule has 6 atom stereocenters. The number of hydrogen-bond donors (Lipinski definition) is 2. The molecule has 0 amide bonds. The second kappa shape index (κ2) is 9.88. The van der Waals surface area contributed by atoms with Crippen molar-refractivity contribution in [1.29, 1.82) is 0 Å². The van der Waals surface area contributed by atoms with Gasteiger partial charge in [0.05, 0.1) is 6.61 Å². The largest absolute Gasteiger partial charge is 0.458 e. The van der Waals surface area contributed by atoms with Gasteiger partial charge in [-0.05, 0) is 32.0 Å². The van der Waals surface area contributed by atoms with E-state index in [1.807, 2.05) is 0 Å². The van der Waals surface area contributed by atoms with Crippen LogP contribution in [-0.4, -0.2) is 85.8 Å². The summed E-state index contributed by atoms with van der Waals surface area (Å²) < 4.78 is 35.0. The molecule has 2 N–H and O–H groups in total. The van der Waals surface area contributed by atoms with E-state index in [0.29, 0.717) is 0 Å². The third-order valence-corrected chi connectivity index (χ3v) is 11.0. The normalized spacial score (nSPS) is 31.1. The van der Waals surface area contributed by atoms with Crippen LogP contribution in [0.2, 0.25) is 18.1 Å². The van der Waals surface area contributed by atoms with Crippen LogP contribution in [0.5, 0.6) is 0 Å². The van der Waals surface area contributed by atoms with Crippen LogP contribution in [0.4, 0.5) is 0 Å². The highest BCUT2D eigenvalue weighted by Crippen LogP contribution is 2.47. The zero-order valence-electron chi connectivity index (χ0n) is 21.2. The lowest BCUT2D eigenvalue weighted by Crippen LogP contribution is -2.64. The first-order valence-corrected chi connectivity index (χ1v) is 14.2. The zero-order valence-corrected chi connectivity index (χ0v) is 22.2. The smallest absolute Gasteiger partial charge is 0.303 e. The van der Waals surface area contributed by atoms with Crippen LogP contribution < -0.4 is 0 Å². The van der Waals surface area contributed by atoms with Crippen LogP contribution in [0.3, 0.4) is 0 Å². The first-order chi connectivity index (χ1) is 14.9. The second-order valence-electron chi connectivity index (χ2n) is 10.7. The van der Waals surface area contributed by atoms with Crippen molar-refractivity contribution in [2.45, 2.75) is 115 Å². The Bertz CT molecular complexity index is 718. The zero-order chi connectivity index (χ0) is 25.4. The van der Waals surface area contributed by atoms with E-state index in [1.165, 1.54) is 13.8 Å². The van der Waals surface area contributed by atoms with E-state index in [9.17, 15) is 19.8 Å². The molecule has 0 spiro atoms. The lowest BCUT2D eigenvalue weighted by Gasteiger charge is -2.43. The lowest BCUT2D eigenvalue weighted by atomic mass is 9.82. The Kier molecular flexibility index (Phi) is 8.43. The van der Waals surface area contributed by atoms with Gasteiger partial charge in [0.2, 0.25) is 0 Å². The van der Waals surface area contributed by atoms with Gasteiger partial charge in [-0.2, -0.15) is 0 Å². The van der Waals surface area contributed by atoms with Gasteiger partial charge in [-0.25, -0.2) is 0 Å². The SMILES string of the molecule is CC(=O)O[C@@H](CCO)[C@@H](OC(C)=O)[C@@]1(O)[C@@H](CO[Si](C)(C)C(C)(C)C)O[C@@H]2OC(C)(C)O[C@@H]21. The number of aliphatic hydroxyl groups excluding tert-OH is 1. The van der Waals surface area contributed by atoms with E-state index in [2.05, 4.69) is 33.9 Å². The van der Waals surface area contributed by atoms with Crippen molar-refractivity contribution in [2.75, 3.05) is 13.2 Å². The maximum absolute atomic E-state index is 12.1. The minimum absolute atomic E-state index is 0.0170. The number of carbonyl (C=O) groups is 2. The van der Waals surface area contributed by atoms with Crippen molar-refractivity contribution < 1.29 is 47.9 Å². The summed E-state index contributed by atoms with van der Waals surface area (Å²) in [5, 5.41) is 21.6. The van der Waals surface area contributed by atoms with E-state index in [4.69, 9.17) is 28.1 Å². The van der Waals surface area contributed by atoms with Crippen molar-refractivity contribution in [2.24, 2.45) is 0 Å². The van der Waals surface area contributed by atoms with E-state index in [-0.39, 0.29) is 24.7 Å². The van der Waals surface area contributed by atoms with Crippen molar-refractivity contribution >= 4 is 20.3 Å². The van der Waals surface area contributed by atoms with Crippen LogP contribution in [0.1, 0.15) is 54.9 Å². The average molecular weight is 493 g/mol. The molecule has 2 aliphatic rings. The first-order valence-electron chi connectivity index (χ1n) is 11.3. The van der Waals surface area contributed by atoms with E-state index in [1.54, 1.807) is 13.8 Å². The van der Waals surface area contributed by atoms with Crippen LogP contribution in [0, 0.1) is 0 Å². The monoisotopic (exact) mass is 492 g/mol. The summed E-state index contributed by atoms with van der Waals surface area (Å²) in [5.74, 6) is -2.42. The minimum atomic E-state index is -2.24. The van der Waals surface area contributed by atoms with Crippen LogP contribution in [0.25, 0.3) is 0 Å². The summed E-state index contributed by atoms with van der Waals surface area (Å²) in [7, 11) is -2.24. The Balaban J connectivity index is 2.49. The number of ether oxygens (including phenoxy) is 5. The maximum Gasteiger partial charge on any atom is 0.303 e. The van der Waals surface area contributed by atoms with Crippen LogP contribution in [0.15, 0.2) is 0 Å². The molecular formula is C22H40O10Si. The van der Waals surface area contributed by atoms with E-state index < -0.39 is 62.4 Å². The number of fused-ring (bicyclic) bond motifs is 1. The molecule has 10 nitrogen and oxygen atoms in total. The molecule has 2 aliphatic heterocycles. The standard InChI is InChI=1S/C22H40O10Si/c1-13(24)28-15(10-11-23)17(29-14(2)25)22(26)16(12-27-33(8,9)20(3,4)5)30-19-18(22)31-21(6,7)32-19/h15-19,23,26H,10-12H2,1-9H3/t15-,16+,17+,18-,19+,22-/m0/s1. The topological polar surface area (TPSA) is 130 Å². The molecule has 0 bridgehead atoms. The minimum Gasteiger partial charge on any atom is -0.458 e. The lowest BCUT2D eigenvalue weighted by molar-refractivity contribution is -0.259. The molecule has 33 heavy (non-hydrogen) atoms. The second-order valence-corrected chi connectivity index (χ2v) is 15.5. The van der Waals surface area contributed by atoms with Crippen molar-refractivity contribution in [3.05, 3.63) is 0 Å². The highest BCUT2D eigenvalue weighted by atomic mass is 28.4. The predicted molar refractivity (Wildman–Crippen MR) is 120 cm³/mol. The third kappa shape index (κ3) is 6.13. The molecule has 0 aromatic heterocycles. The summed E-state index contributed by atoms with van der Waals surface area (Å²) >= 11 is 0. The van der Waals surface area contributed by atoms with Crippen LogP contribution in [-0.2, 0) is 37.7 Å². The van der Waals surface area contributed by atoms with Gasteiger partial charge in [0.25, 0.3) is 0 Å². The Hall–Kier alpha value is -1.08. The van der Waals surface area contributed by atoms with Gasteiger partial charge >= 0.3 is 11.9 Å². The molecule has 0 radical (unpaired) electrons. The summed E-state index contributed by atoms with van der Waals surface area (Å²) in [6.45, 7) is 15.7. The molecule has 0 saturated carbocycles. The average Bonchev–Trinajstić information content (AvgIpc) is 3.07. The summed E-state index contributed by atoms with van der Waals surface area (Å²) in [6, 6.07) is 0. The molecule has 2 heterocycles. The van der Waals surface area contributed by atoms with Gasteiger partial charge in [-0.3, -0.25) is 9.59 Å². The van der Waals surface area contributed by atoms with E-state index in [0.717, 1.165) is 0 Å². The predicted octanol–water partition coefficient (Wildman–Crippen LogP) is 1.86. The molecule has 0 aromatic carbocycles. The van der Waals surface area contributed by atoms with Crippen LogP contribution >= 0.6 is 0 Å². The Morgan fingerprint density at radius 1 is 1.09 bits per heavy atom. The van der Waals surface area contributed by atoms with Gasteiger partial charge in [0.15, 0.2) is 32.1 Å². The molecular weight excluding hydrogens is 452 g/mol. The highest BCUT2D eigenvalue weighted by molar-refractivity contribution is 6.74. The Labute approximate surface area is 196 Å². The maximum atomic E-state index is 12.1. The van der Waals surface area contributed by atoms with Crippen molar-refractivity contribution in [3.63, 3.8) is 0 Å². The molecule has 2 rings (SSSR count). The molecule has 11 heteroatoms. The summed E-state index contributed by atoms with van der Waals surface area (Å²) in [6.07, 6.45) is -5.64. The van der Waals surface area contributed by atoms with Crippen molar-refractivity contribution in [1.82, 2.24) is 0 Å². The summed E-state index contributed by atoms with van der Waals surface area (Å²) in [4.78, 5) is 23.8. The molecule has 2 saturated heterocycles. The first kappa shape index (κ1) is 28.2. The fraction of sp³-hybridized carbons (Fsp3) is 0.909. The molecule has 2 fully saturated rings. The fourth-order valence-electron chi connectivity index (χ4n) is 3.87. The van der Waals surface area contributed by atoms with Gasteiger partial charge in [-0.1, -0.05) is 20.8 Å². The Morgan fingerprint density at radius 2 is 1.67 bits per heavy atom. The summed E-state index contributed by atoms with van der Waals surface area (Å²) in [5.41, 5.74) is -1.98. The number of esters is 2. The highest BCUT2D eigenvalue weighted by Gasteiger charge is 2.69. The molecule has 0 unspecified atom stereocenters. The van der Waals surface area contributed by atoms with E-state index >= 15 is 0 Å². The van der Waals surface area contributed by atoms with Gasteiger partial charge < -0.3 is 38.3 Å². The third-order valence-electron chi connectivity index (χ3n) is 6.55. The number of aliphatic hydroxyl groups is 2. The fourth-order valence-corrected chi connectivity index (χ4v) is 4.88. The number of hydrogen-bond acceptors (Lipinski definition) is 10. The van der Waals surface area contributed by atoms with Gasteiger partial charge in [-0.15, -0.1) is 0 Å². The molecule has 0 aromatic rings. The molecule has 192 valence electrons. The van der Waals surface area contributed by atoms with Crippen molar-refractivity contribution in [3.8, 4) is 0 Å². The van der Waals surface area contributed by atoms with Gasteiger partial charge in [0, 0.05) is 26.9 Å². The quantitative estimate of drug-likeness (QED) is 0.363.